The van der Waals surface area contributed by atoms with Gasteiger partial charge in [0.2, 0.25) is 10.4 Å². The van der Waals surface area contributed by atoms with E-state index in [4.69, 9.17) is 29.7 Å². The predicted molar refractivity (Wildman–Crippen MR) is 63.9 cm³/mol. The molecular formula is C9H16N2O4S2. The second-order valence-corrected chi connectivity index (χ2v) is 4.42. The quantitative estimate of drug-likeness (QED) is 0.376. The highest BCUT2D eigenvalue weighted by Crippen LogP contribution is 1.92. The zero-order chi connectivity index (χ0) is 13.6. The Morgan fingerprint density at radius 1 is 1.53 bits per heavy atom. The van der Waals surface area contributed by atoms with Gasteiger partial charge in [0.15, 0.2) is 0 Å². The Kier molecular flexibility index (Phi) is 6.46. The van der Waals surface area contributed by atoms with Gasteiger partial charge in [0.25, 0.3) is 0 Å². The van der Waals surface area contributed by atoms with Gasteiger partial charge >= 0.3 is 4.77 Å². The Morgan fingerprint density at radius 3 is 2.35 bits per heavy atom. The average Bonchev–Trinajstić information content (AvgIpc) is 2.16. The van der Waals surface area contributed by atoms with Gasteiger partial charge in [-0.05, 0) is 20.8 Å². The molecule has 1 rings (SSSR count). The summed E-state index contributed by atoms with van der Waals surface area (Å²) in [6, 6.07) is 2.10. The van der Waals surface area contributed by atoms with Crippen LogP contribution in [0, 0.1) is 11.7 Å². The molecule has 0 amide bonds. The monoisotopic (exact) mass is 280 g/mol. The SMILES string of the molecule is CCn1ccc(C)[n+](CC)c1=S.O=S(=O)([O-])O. The van der Waals surface area contributed by atoms with E-state index in [2.05, 4.69) is 36.0 Å². The number of hydrogen-bond donors (Lipinski definition) is 1. The van der Waals surface area contributed by atoms with E-state index < -0.39 is 10.4 Å². The van der Waals surface area contributed by atoms with Crippen molar-refractivity contribution in [3.8, 4) is 0 Å². The molecule has 0 aliphatic heterocycles. The van der Waals surface area contributed by atoms with E-state index in [1.165, 1.54) is 5.69 Å². The minimum absolute atomic E-state index is 0.917. The molecule has 1 N–H and O–H groups in total. The van der Waals surface area contributed by atoms with Crippen LogP contribution >= 0.6 is 12.2 Å². The number of rotatable bonds is 2. The maximum absolute atomic E-state index is 8.63. The lowest BCUT2D eigenvalue weighted by Crippen LogP contribution is -2.39. The molecule has 0 bridgehead atoms. The summed E-state index contributed by atoms with van der Waals surface area (Å²) >= 11 is 5.30. The third-order valence-corrected chi connectivity index (χ3v) is 2.51. The summed E-state index contributed by atoms with van der Waals surface area (Å²) in [7, 11) is -4.92. The van der Waals surface area contributed by atoms with Gasteiger partial charge < -0.3 is 4.55 Å². The minimum atomic E-state index is -4.92. The Bertz CT molecular complexity index is 514. The van der Waals surface area contributed by atoms with Crippen LogP contribution in [0.15, 0.2) is 12.3 Å². The highest BCUT2D eigenvalue weighted by atomic mass is 32.3. The topological polar surface area (TPSA) is 86.2 Å². The second kappa shape index (κ2) is 6.80. The van der Waals surface area contributed by atoms with Crippen molar-refractivity contribution >= 4 is 22.6 Å². The maximum atomic E-state index is 8.63. The summed E-state index contributed by atoms with van der Waals surface area (Å²) in [6.07, 6.45) is 2.05. The van der Waals surface area contributed by atoms with Gasteiger partial charge in [0.05, 0.1) is 19.3 Å². The summed E-state index contributed by atoms with van der Waals surface area (Å²) in [5.74, 6) is 0. The molecule has 0 fully saturated rings. The van der Waals surface area contributed by atoms with Crippen molar-refractivity contribution in [2.24, 2.45) is 0 Å². The Morgan fingerprint density at radius 2 is 2.00 bits per heavy atom. The van der Waals surface area contributed by atoms with E-state index in [0.717, 1.165) is 17.9 Å². The normalized spacial score (nSPS) is 10.6. The van der Waals surface area contributed by atoms with Crippen molar-refractivity contribution in [3.63, 3.8) is 0 Å². The third kappa shape index (κ3) is 6.47. The zero-order valence-electron chi connectivity index (χ0n) is 9.95. The van der Waals surface area contributed by atoms with E-state index in [1.807, 2.05) is 6.20 Å². The van der Waals surface area contributed by atoms with Crippen molar-refractivity contribution < 1.29 is 22.1 Å². The first-order chi connectivity index (χ1) is 7.70. The molecule has 1 heterocycles. The zero-order valence-corrected chi connectivity index (χ0v) is 11.6. The van der Waals surface area contributed by atoms with Crippen molar-refractivity contribution in [1.82, 2.24) is 4.57 Å². The molecular weight excluding hydrogens is 264 g/mol. The third-order valence-electron chi connectivity index (χ3n) is 2.05. The van der Waals surface area contributed by atoms with Crippen LogP contribution in [0.2, 0.25) is 0 Å². The lowest BCUT2D eigenvalue weighted by molar-refractivity contribution is -0.710. The van der Waals surface area contributed by atoms with E-state index >= 15 is 0 Å². The van der Waals surface area contributed by atoms with Gasteiger partial charge in [-0.25, -0.2) is 17.6 Å². The van der Waals surface area contributed by atoms with Crippen molar-refractivity contribution in [1.29, 1.82) is 0 Å². The van der Waals surface area contributed by atoms with Crippen LogP contribution in [-0.4, -0.2) is 22.1 Å². The Balaban J connectivity index is 0.000000437. The highest BCUT2D eigenvalue weighted by molar-refractivity contribution is 7.79. The summed E-state index contributed by atoms with van der Waals surface area (Å²) < 4.78 is 38.0. The first-order valence-corrected chi connectivity index (χ1v) is 6.76. The van der Waals surface area contributed by atoms with Gasteiger partial charge in [0.1, 0.15) is 5.69 Å². The van der Waals surface area contributed by atoms with Gasteiger partial charge in [0, 0.05) is 18.3 Å². The molecule has 0 radical (unpaired) electrons. The van der Waals surface area contributed by atoms with E-state index in [0.29, 0.717) is 0 Å². The molecule has 6 nitrogen and oxygen atoms in total. The number of aromatic nitrogens is 2. The number of aryl methyl sites for hydroxylation is 2. The molecule has 17 heavy (non-hydrogen) atoms. The largest absolute Gasteiger partial charge is 0.726 e. The van der Waals surface area contributed by atoms with Crippen LogP contribution in [0.3, 0.4) is 0 Å². The molecule has 1 aromatic heterocycles. The minimum Gasteiger partial charge on any atom is -0.726 e. The lowest BCUT2D eigenvalue weighted by atomic mass is 10.4. The van der Waals surface area contributed by atoms with Crippen LogP contribution in [0.25, 0.3) is 0 Å². The van der Waals surface area contributed by atoms with E-state index in [-0.39, 0.29) is 0 Å². The summed E-state index contributed by atoms with van der Waals surface area (Å²) in [4.78, 5) is 0. The number of nitrogens with zero attached hydrogens (tertiary/aromatic N) is 2. The predicted octanol–water partition coefficient (Wildman–Crippen LogP) is 0.858. The smallest absolute Gasteiger partial charge is 0.350 e. The van der Waals surface area contributed by atoms with Gasteiger partial charge in [-0.3, -0.25) is 4.55 Å². The average molecular weight is 280 g/mol. The molecule has 8 heteroatoms. The van der Waals surface area contributed by atoms with Crippen molar-refractivity contribution in [3.05, 3.63) is 22.7 Å². The number of hydrogen-bond acceptors (Lipinski definition) is 4. The molecule has 0 spiro atoms. The molecule has 98 valence electrons. The molecule has 0 atom stereocenters. The lowest BCUT2D eigenvalue weighted by Gasteiger charge is -2.03. The van der Waals surface area contributed by atoms with Crippen LogP contribution in [0.5, 0.6) is 0 Å². The molecule has 0 aliphatic rings. The van der Waals surface area contributed by atoms with E-state index in [9.17, 15) is 0 Å². The molecule has 0 aromatic carbocycles. The van der Waals surface area contributed by atoms with Crippen LogP contribution in [0.1, 0.15) is 19.5 Å². The standard InChI is InChI=1S/C9H15N2S.H2O4S/c1-4-10-7-6-8(3)11(5-2)9(10)12;1-5(2,3)4/h6-7H,4-5H2,1-3H3;(H2,1,2,3,4)/q+1;/p-1. The Hall–Kier alpha value is -0.830. The molecule has 1 aromatic rings. The Labute approximate surface area is 106 Å². The van der Waals surface area contributed by atoms with E-state index in [1.54, 1.807) is 0 Å². The van der Waals surface area contributed by atoms with Gasteiger partial charge in [-0.15, -0.1) is 0 Å². The second-order valence-electron chi connectivity index (χ2n) is 3.20. The maximum Gasteiger partial charge on any atom is 0.350 e. The highest BCUT2D eigenvalue weighted by Gasteiger charge is 2.05. The van der Waals surface area contributed by atoms with Gasteiger partial charge in [-0.1, -0.05) is 0 Å². The molecule has 0 saturated carbocycles. The van der Waals surface area contributed by atoms with Crippen LogP contribution in [0.4, 0.5) is 0 Å². The first kappa shape index (κ1) is 16.2. The van der Waals surface area contributed by atoms with Gasteiger partial charge in [-0.2, -0.15) is 0 Å². The fourth-order valence-electron chi connectivity index (χ4n) is 1.28. The fourth-order valence-corrected chi connectivity index (χ4v) is 1.75. The van der Waals surface area contributed by atoms with Crippen molar-refractivity contribution in [2.75, 3.05) is 0 Å². The summed E-state index contributed by atoms with van der Waals surface area (Å²) in [6.45, 7) is 8.19. The van der Waals surface area contributed by atoms with Crippen LogP contribution < -0.4 is 4.57 Å². The fraction of sp³-hybridized carbons (Fsp3) is 0.556. The summed E-state index contributed by atoms with van der Waals surface area (Å²) in [5.41, 5.74) is 1.23. The van der Waals surface area contributed by atoms with Crippen LogP contribution in [-0.2, 0) is 23.5 Å². The molecule has 0 aliphatic carbocycles. The molecule has 0 saturated heterocycles. The molecule has 0 unspecified atom stereocenters. The van der Waals surface area contributed by atoms with Crippen molar-refractivity contribution in [2.45, 2.75) is 33.9 Å². The first-order valence-electron chi connectivity index (χ1n) is 4.98. The summed E-state index contributed by atoms with van der Waals surface area (Å²) in [5, 5.41) is 0.